The van der Waals surface area contributed by atoms with E-state index in [9.17, 15) is 10.2 Å². The minimum Gasteiger partial charge on any atom is -0.489 e. The van der Waals surface area contributed by atoms with Crippen LogP contribution in [-0.2, 0) is 4.74 Å². The van der Waals surface area contributed by atoms with Crippen LogP contribution in [0.2, 0.25) is 10.0 Å². The Bertz CT molecular complexity index is 640. The molecule has 1 aliphatic heterocycles. The molecule has 1 aromatic carbocycles. The summed E-state index contributed by atoms with van der Waals surface area (Å²) in [4.78, 5) is 4.62. The first-order chi connectivity index (χ1) is 13.5. The van der Waals surface area contributed by atoms with Crippen molar-refractivity contribution in [1.29, 1.82) is 0 Å². The number of aliphatic hydroxyl groups is 2. The van der Waals surface area contributed by atoms with Crippen molar-refractivity contribution in [3.05, 3.63) is 28.2 Å². The average molecular weight is 434 g/mol. The molecule has 2 rings (SSSR count). The number of hydrogen-bond acceptors (Lipinski definition) is 5. The van der Waals surface area contributed by atoms with Crippen molar-refractivity contribution in [2.24, 2.45) is 10.4 Å². The lowest BCUT2D eigenvalue weighted by Gasteiger charge is -2.25. The predicted molar refractivity (Wildman–Crippen MR) is 112 cm³/mol. The van der Waals surface area contributed by atoms with E-state index < -0.39 is 6.10 Å². The second kappa shape index (κ2) is 11.7. The molecule has 0 amide bonds. The number of nitrogens with one attached hydrogen (secondary N) is 2. The molecule has 158 valence electrons. The number of nitrogens with zero attached hydrogens (tertiary/aromatic N) is 1. The minimum absolute atomic E-state index is 0.0642. The Morgan fingerprint density at radius 1 is 1.39 bits per heavy atom. The van der Waals surface area contributed by atoms with Gasteiger partial charge in [-0.25, -0.2) is 0 Å². The molecule has 0 aromatic heterocycles. The number of benzene rings is 1. The van der Waals surface area contributed by atoms with Gasteiger partial charge in [-0.15, -0.1) is 0 Å². The van der Waals surface area contributed by atoms with E-state index in [1.807, 2.05) is 6.92 Å². The molecule has 9 heteroatoms. The highest BCUT2D eigenvalue weighted by Crippen LogP contribution is 2.33. The van der Waals surface area contributed by atoms with Gasteiger partial charge in [0, 0.05) is 31.7 Å². The molecule has 7 nitrogen and oxygen atoms in total. The van der Waals surface area contributed by atoms with Gasteiger partial charge in [0.2, 0.25) is 0 Å². The summed E-state index contributed by atoms with van der Waals surface area (Å²) in [7, 11) is 0. The summed E-state index contributed by atoms with van der Waals surface area (Å²) in [6, 6.07) is 5.11. The van der Waals surface area contributed by atoms with E-state index in [0.29, 0.717) is 54.5 Å². The summed E-state index contributed by atoms with van der Waals surface area (Å²) in [6.07, 6.45) is 0.778. The molecule has 1 fully saturated rings. The predicted octanol–water partition coefficient (Wildman–Crippen LogP) is 2.08. The summed E-state index contributed by atoms with van der Waals surface area (Å²) in [5, 5.41) is 26.5. The van der Waals surface area contributed by atoms with Crippen LogP contribution in [-0.4, -0.2) is 68.3 Å². The highest BCUT2D eigenvalue weighted by molar-refractivity contribution is 6.42. The fourth-order valence-electron chi connectivity index (χ4n) is 2.93. The highest BCUT2D eigenvalue weighted by Gasteiger charge is 2.34. The lowest BCUT2D eigenvalue weighted by Crippen LogP contribution is -2.43. The smallest absolute Gasteiger partial charge is 0.191 e. The van der Waals surface area contributed by atoms with Gasteiger partial charge in [-0.2, -0.15) is 0 Å². The molecule has 1 aliphatic rings. The van der Waals surface area contributed by atoms with E-state index in [1.54, 1.807) is 18.2 Å². The summed E-state index contributed by atoms with van der Waals surface area (Å²) in [6.45, 7) is 4.95. The molecule has 1 aromatic rings. The summed E-state index contributed by atoms with van der Waals surface area (Å²) in [5.41, 5.74) is -0.123. The van der Waals surface area contributed by atoms with Crippen molar-refractivity contribution < 1.29 is 19.7 Å². The van der Waals surface area contributed by atoms with Gasteiger partial charge in [-0.1, -0.05) is 29.3 Å². The fraction of sp³-hybridized carbons (Fsp3) is 0.632. The van der Waals surface area contributed by atoms with Crippen LogP contribution >= 0.6 is 23.2 Å². The van der Waals surface area contributed by atoms with E-state index in [1.165, 1.54) is 0 Å². The second-order valence-electron chi connectivity index (χ2n) is 6.87. The largest absolute Gasteiger partial charge is 0.489 e. The normalized spacial score (nSPS) is 20.8. The molecule has 2 atom stereocenters. The van der Waals surface area contributed by atoms with Crippen LogP contribution in [0.1, 0.15) is 19.8 Å². The molecular formula is C19H29Cl2N3O4. The monoisotopic (exact) mass is 433 g/mol. The molecule has 0 saturated carbocycles. The van der Waals surface area contributed by atoms with Gasteiger partial charge in [0.15, 0.2) is 5.96 Å². The van der Waals surface area contributed by atoms with Gasteiger partial charge < -0.3 is 30.3 Å². The molecular weight excluding hydrogens is 405 g/mol. The molecule has 4 N–H and O–H groups in total. The number of aliphatic imine (C=N–C) groups is 1. The summed E-state index contributed by atoms with van der Waals surface area (Å²) < 4.78 is 11.0. The maximum absolute atomic E-state index is 10.2. The van der Waals surface area contributed by atoms with Crippen LogP contribution in [0, 0.1) is 5.41 Å². The van der Waals surface area contributed by atoms with Crippen molar-refractivity contribution in [2.75, 3.05) is 46.1 Å². The average Bonchev–Trinajstić information content (AvgIpc) is 3.14. The molecule has 0 aliphatic carbocycles. The third-order valence-corrected chi connectivity index (χ3v) is 5.40. The van der Waals surface area contributed by atoms with Crippen molar-refractivity contribution in [1.82, 2.24) is 10.6 Å². The number of hydrogen-bond donors (Lipinski definition) is 4. The first-order valence-electron chi connectivity index (χ1n) is 9.45. The zero-order valence-electron chi connectivity index (χ0n) is 16.1. The Morgan fingerprint density at radius 2 is 2.21 bits per heavy atom. The number of halogens is 2. The first-order valence-corrected chi connectivity index (χ1v) is 10.2. The number of ether oxygens (including phenoxy) is 2. The van der Waals surface area contributed by atoms with E-state index in [0.717, 1.165) is 6.42 Å². The summed E-state index contributed by atoms with van der Waals surface area (Å²) >= 11 is 12.0. The lowest BCUT2D eigenvalue weighted by molar-refractivity contribution is 0.110. The SMILES string of the molecule is CCNC(=NCC1(CCO)CCOC1)NCC(O)COc1cccc(Cl)c1Cl. The Labute approximate surface area is 176 Å². The molecule has 0 bridgehead atoms. The lowest BCUT2D eigenvalue weighted by atomic mass is 9.84. The van der Waals surface area contributed by atoms with E-state index in [2.05, 4.69) is 15.6 Å². The zero-order chi connectivity index (χ0) is 20.4. The molecule has 2 unspecified atom stereocenters. The molecule has 1 heterocycles. The standard InChI is InChI=1S/C19H29Cl2N3O4/c1-2-22-18(24-12-19(6-8-25)7-9-27-13-19)23-10-14(26)11-28-16-5-3-4-15(20)17(16)21/h3-5,14,25-26H,2,6-13H2,1H3,(H2,22,23,24). The van der Waals surface area contributed by atoms with Gasteiger partial charge in [0.1, 0.15) is 23.5 Å². The maximum Gasteiger partial charge on any atom is 0.191 e. The quantitative estimate of drug-likeness (QED) is 0.333. The van der Waals surface area contributed by atoms with Crippen LogP contribution in [0.4, 0.5) is 0 Å². The van der Waals surface area contributed by atoms with Gasteiger partial charge in [0.05, 0.1) is 18.2 Å². The molecule has 0 spiro atoms. The number of guanidine groups is 1. The van der Waals surface area contributed by atoms with E-state index in [4.69, 9.17) is 32.7 Å². The second-order valence-corrected chi connectivity index (χ2v) is 7.65. The van der Waals surface area contributed by atoms with Crippen LogP contribution in [0.3, 0.4) is 0 Å². The van der Waals surface area contributed by atoms with Crippen molar-refractivity contribution in [3.8, 4) is 5.75 Å². The van der Waals surface area contributed by atoms with Crippen LogP contribution in [0.25, 0.3) is 0 Å². The summed E-state index contributed by atoms with van der Waals surface area (Å²) in [5.74, 6) is 1.03. The number of aliphatic hydroxyl groups excluding tert-OH is 2. The van der Waals surface area contributed by atoms with Crippen molar-refractivity contribution in [3.63, 3.8) is 0 Å². The van der Waals surface area contributed by atoms with Crippen LogP contribution in [0.5, 0.6) is 5.75 Å². The van der Waals surface area contributed by atoms with Crippen LogP contribution < -0.4 is 15.4 Å². The Kier molecular flexibility index (Phi) is 9.61. The Morgan fingerprint density at radius 3 is 2.89 bits per heavy atom. The molecule has 1 saturated heterocycles. The number of rotatable bonds is 10. The Balaban J connectivity index is 1.85. The third kappa shape index (κ3) is 6.97. The molecule has 28 heavy (non-hydrogen) atoms. The Hall–Kier alpha value is -1.25. The van der Waals surface area contributed by atoms with Crippen molar-refractivity contribution in [2.45, 2.75) is 25.9 Å². The highest BCUT2D eigenvalue weighted by atomic mass is 35.5. The van der Waals surface area contributed by atoms with Gasteiger partial charge in [-0.05, 0) is 31.9 Å². The van der Waals surface area contributed by atoms with Gasteiger partial charge in [0.25, 0.3) is 0 Å². The van der Waals surface area contributed by atoms with Gasteiger partial charge >= 0.3 is 0 Å². The molecule has 0 radical (unpaired) electrons. The minimum atomic E-state index is -0.764. The fourth-order valence-corrected chi connectivity index (χ4v) is 3.28. The van der Waals surface area contributed by atoms with Crippen molar-refractivity contribution >= 4 is 29.2 Å². The maximum atomic E-state index is 10.2. The van der Waals surface area contributed by atoms with E-state index >= 15 is 0 Å². The third-order valence-electron chi connectivity index (χ3n) is 4.60. The van der Waals surface area contributed by atoms with Gasteiger partial charge in [-0.3, -0.25) is 4.99 Å². The zero-order valence-corrected chi connectivity index (χ0v) is 17.6. The topological polar surface area (TPSA) is 95.3 Å². The first kappa shape index (κ1) is 23.0. The van der Waals surface area contributed by atoms with Crippen LogP contribution in [0.15, 0.2) is 23.2 Å². The van der Waals surface area contributed by atoms with E-state index in [-0.39, 0.29) is 25.2 Å².